The van der Waals surface area contributed by atoms with Crippen molar-refractivity contribution in [3.63, 3.8) is 0 Å². The fourth-order valence-corrected chi connectivity index (χ4v) is 2.92. The zero-order valence-corrected chi connectivity index (χ0v) is 13.3. The van der Waals surface area contributed by atoms with Gasteiger partial charge in [-0.3, -0.25) is 0 Å². The van der Waals surface area contributed by atoms with Crippen molar-refractivity contribution in [2.45, 2.75) is 33.3 Å². The summed E-state index contributed by atoms with van der Waals surface area (Å²) in [5, 5.41) is 13.7. The summed E-state index contributed by atoms with van der Waals surface area (Å²) in [6, 6.07) is 2.13. The van der Waals surface area contributed by atoms with Crippen LogP contribution < -0.4 is 10.2 Å². The van der Waals surface area contributed by atoms with Crippen LogP contribution >= 0.6 is 11.3 Å². The van der Waals surface area contributed by atoms with Gasteiger partial charge in [-0.05, 0) is 33.3 Å². The van der Waals surface area contributed by atoms with E-state index in [1.54, 1.807) is 11.3 Å². The lowest BCUT2D eigenvalue weighted by molar-refractivity contribution is 0.187. The standard InChI is InChI=1S/C14H22N4OS/c1-5-15-14-16-12(18(4)7-6-9(2)19)11-8-10(3)20-13(11)17-14/h8-9,19H,5-7H2,1-4H3,(H,15,16,17). The highest BCUT2D eigenvalue weighted by atomic mass is 32.1. The van der Waals surface area contributed by atoms with Crippen molar-refractivity contribution in [3.8, 4) is 0 Å². The van der Waals surface area contributed by atoms with Crippen LogP contribution in [0, 0.1) is 6.92 Å². The molecule has 5 nitrogen and oxygen atoms in total. The van der Waals surface area contributed by atoms with Crippen LogP contribution in [0.1, 0.15) is 25.1 Å². The average Bonchev–Trinajstić information content (AvgIpc) is 2.75. The van der Waals surface area contributed by atoms with Crippen LogP contribution in [0.5, 0.6) is 0 Å². The van der Waals surface area contributed by atoms with Crippen molar-refractivity contribution in [1.29, 1.82) is 0 Å². The van der Waals surface area contributed by atoms with Gasteiger partial charge in [0, 0.05) is 25.0 Å². The number of nitrogens with zero attached hydrogens (tertiary/aromatic N) is 3. The third-order valence-electron chi connectivity index (χ3n) is 3.07. The molecule has 6 heteroatoms. The van der Waals surface area contributed by atoms with E-state index < -0.39 is 0 Å². The Morgan fingerprint density at radius 1 is 1.45 bits per heavy atom. The molecule has 2 aromatic heterocycles. The van der Waals surface area contributed by atoms with Crippen molar-refractivity contribution >= 4 is 33.3 Å². The van der Waals surface area contributed by atoms with Crippen LogP contribution in [0.4, 0.5) is 11.8 Å². The Morgan fingerprint density at radius 2 is 2.20 bits per heavy atom. The quantitative estimate of drug-likeness (QED) is 0.857. The van der Waals surface area contributed by atoms with E-state index in [2.05, 4.69) is 33.2 Å². The first-order valence-corrected chi connectivity index (χ1v) is 7.74. The second kappa shape index (κ2) is 6.37. The smallest absolute Gasteiger partial charge is 0.226 e. The van der Waals surface area contributed by atoms with Crippen molar-refractivity contribution in [3.05, 3.63) is 10.9 Å². The summed E-state index contributed by atoms with van der Waals surface area (Å²) in [5.41, 5.74) is 0. The van der Waals surface area contributed by atoms with E-state index in [0.29, 0.717) is 5.95 Å². The summed E-state index contributed by atoms with van der Waals surface area (Å²) in [6.07, 6.45) is 0.425. The lowest BCUT2D eigenvalue weighted by Gasteiger charge is -2.20. The number of aryl methyl sites for hydroxylation is 1. The molecule has 20 heavy (non-hydrogen) atoms. The van der Waals surface area contributed by atoms with E-state index in [-0.39, 0.29) is 6.10 Å². The Balaban J connectivity index is 2.37. The van der Waals surface area contributed by atoms with Gasteiger partial charge in [0.25, 0.3) is 0 Å². The molecule has 2 heterocycles. The minimum Gasteiger partial charge on any atom is -0.393 e. The number of thiophene rings is 1. The molecule has 2 rings (SSSR count). The van der Waals surface area contributed by atoms with Crippen molar-refractivity contribution in [2.75, 3.05) is 30.4 Å². The van der Waals surface area contributed by atoms with Gasteiger partial charge in [0.2, 0.25) is 5.95 Å². The zero-order chi connectivity index (χ0) is 14.7. The topological polar surface area (TPSA) is 61.3 Å². The predicted octanol–water partition coefficient (Wildman–Crippen LogP) is 2.64. The molecule has 0 bridgehead atoms. The number of rotatable bonds is 6. The second-order valence-electron chi connectivity index (χ2n) is 5.04. The van der Waals surface area contributed by atoms with E-state index in [0.717, 1.165) is 35.5 Å². The summed E-state index contributed by atoms with van der Waals surface area (Å²) in [5.74, 6) is 1.59. The molecule has 0 radical (unpaired) electrons. The molecule has 0 fully saturated rings. The molecular weight excluding hydrogens is 272 g/mol. The molecule has 0 saturated heterocycles. The van der Waals surface area contributed by atoms with Crippen LogP contribution in [-0.4, -0.2) is 41.3 Å². The molecule has 2 aromatic rings. The van der Waals surface area contributed by atoms with E-state index in [9.17, 15) is 5.11 Å². The van der Waals surface area contributed by atoms with E-state index in [1.165, 1.54) is 4.88 Å². The number of fused-ring (bicyclic) bond motifs is 1. The lowest BCUT2D eigenvalue weighted by atomic mass is 10.2. The Hall–Kier alpha value is -1.40. The number of hydrogen-bond acceptors (Lipinski definition) is 6. The molecule has 0 spiro atoms. The summed E-state index contributed by atoms with van der Waals surface area (Å²) in [4.78, 5) is 13.5. The Bertz CT molecular complexity index is 582. The van der Waals surface area contributed by atoms with E-state index in [1.807, 2.05) is 20.9 Å². The molecule has 0 saturated carbocycles. The van der Waals surface area contributed by atoms with Crippen LogP contribution in [0.3, 0.4) is 0 Å². The predicted molar refractivity (Wildman–Crippen MR) is 85.9 cm³/mol. The first-order valence-electron chi connectivity index (χ1n) is 6.92. The maximum atomic E-state index is 9.43. The zero-order valence-electron chi connectivity index (χ0n) is 12.5. The summed E-state index contributed by atoms with van der Waals surface area (Å²) in [7, 11) is 2.01. The molecular formula is C14H22N4OS. The van der Waals surface area contributed by atoms with Gasteiger partial charge in [0.1, 0.15) is 10.6 Å². The highest BCUT2D eigenvalue weighted by Crippen LogP contribution is 2.31. The summed E-state index contributed by atoms with van der Waals surface area (Å²) < 4.78 is 0. The minimum atomic E-state index is -0.299. The average molecular weight is 294 g/mol. The van der Waals surface area contributed by atoms with Crippen molar-refractivity contribution < 1.29 is 5.11 Å². The van der Waals surface area contributed by atoms with Crippen molar-refractivity contribution in [1.82, 2.24) is 9.97 Å². The summed E-state index contributed by atoms with van der Waals surface area (Å²) >= 11 is 1.68. The maximum absolute atomic E-state index is 9.43. The van der Waals surface area contributed by atoms with E-state index >= 15 is 0 Å². The van der Waals surface area contributed by atoms with Crippen LogP contribution in [0.2, 0.25) is 0 Å². The van der Waals surface area contributed by atoms with Crippen LogP contribution in [0.25, 0.3) is 10.2 Å². The van der Waals surface area contributed by atoms with Gasteiger partial charge in [-0.25, -0.2) is 4.98 Å². The van der Waals surface area contributed by atoms with Gasteiger partial charge < -0.3 is 15.3 Å². The summed E-state index contributed by atoms with van der Waals surface area (Å²) in [6.45, 7) is 7.49. The van der Waals surface area contributed by atoms with Crippen molar-refractivity contribution in [2.24, 2.45) is 0 Å². The highest BCUT2D eigenvalue weighted by molar-refractivity contribution is 7.18. The number of aliphatic hydroxyl groups excluding tert-OH is 1. The number of aliphatic hydroxyl groups is 1. The number of aromatic nitrogens is 2. The molecule has 0 aliphatic heterocycles. The Kier molecular flexibility index (Phi) is 4.77. The van der Waals surface area contributed by atoms with Crippen LogP contribution in [-0.2, 0) is 0 Å². The van der Waals surface area contributed by atoms with Gasteiger partial charge in [-0.2, -0.15) is 4.98 Å². The molecule has 2 N–H and O–H groups in total. The molecule has 1 unspecified atom stereocenters. The van der Waals surface area contributed by atoms with Gasteiger partial charge in [0.15, 0.2) is 0 Å². The largest absolute Gasteiger partial charge is 0.393 e. The fraction of sp³-hybridized carbons (Fsp3) is 0.571. The molecule has 110 valence electrons. The molecule has 0 amide bonds. The first-order chi connectivity index (χ1) is 9.51. The van der Waals surface area contributed by atoms with Gasteiger partial charge >= 0.3 is 0 Å². The number of nitrogens with one attached hydrogen (secondary N) is 1. The van der Waals surface area contributed by atoms with Gasteiger partial charge in [-0.1, -0.05) is 0 Å². The Labute approximate surface area is 123 Å². The number of hydrogen-bond donors (Lipinski definition) is 2. The highest BCUT2D eigenvalue weighted by Gasteiger charge is 2.14. The van der Waals surface area contributed by atoms with Gasteiger partial charge in [-0.15, -0.1) is 11.3 Å². The lowest BCUT2D eigenvalue weighted by Crippen LogP contribution is -2.23. The Morgan fingerprint density at radius 3 is 2.85 bits per heavy atom. The second-order valence-corrected chi connectivity index (χ2v) is 6.27. The van der Waals surface area contributed by atoms with Crippen LogP contribution in [0.15, 0.2) is 6.07 Å². The minimum absolute atomic E-state index is 0.299. The number of anilines is 2. The molecule has 0 aliphatic carbocycles. The van der Waals surface area contributed by atoms with E-state index in [4.69, 9.17) is 0 Å². The van der Waals surface area contributed by atoms with Gasteiger partial charge in [0.05, 0.1) is 11.5 Å². The normalized spacial score (nSPS) is 12.7. The molecule has 1 atom stereocenters. The SMILES string of the molecule is CCNc1nc(N(C)CCC(C)O)c2cc(C)sc2n1. The monoisotopic (exact) mass is 294 g/mol. The third kappa shape index (κ3) is 3.37. The first kappa shape index (κ1) is 15.0. The fourth-order valence-electron chi connectivity index (χ4n) is 2.04. The maximum Gasteiger partial charge on any atom is 0.226 e. The molecule has 0 aliphatic rings. The third-order valence-corrected chi connectivity index (χ3v) is 4.02. The molecule has 0 aromatic carbocycles.